The second kappa shape index (κ2) is 6.55. The third-order valence-corrected chi connectivity index (χ3v) is 5.32. The fourth-order valence-electron chi connectivity index (χ4n) is 2.24. The zero-order chi connectivity index (χ0) is 15.5. The highest BCUT2D eigenvalue weighted by atomic mass is 32.2. The summed E-state index contributed by atoms with van der Waals surface area (Å²) in [6, 6.07) is 5.92. The molecule has 116 valence electrons. The fourth-order valence-corrected chi connectivity index (χ4v) is 3.78. The molecule has 7 heteroatoms. The maximum absolute atomic E-state index is 12.4. The van der Waals surface area contributed by atoms with Crippen LogP contribution in [0.3, 0.4) is 0 Å². The molecule has 1 saturated heterocycles. The number of hydrogen-bond donors (Lipinski definition) is 1. The number of morpholine rings is 1. The Kier molecular flexibility index (Phi) is 4.97. The number of nitrogens with zero attached hydrogens (tertiary/aromatic N) is 1. The number of rotatable bonds is 5. The molecular weight excluding hydrogens is 294 g/mol. The highest BCUT2D eigenvalue weighted by molar-refractivity contribution is 7.88. The van der Waals surface area contributed by atoms with Crippen LogP contribution in [0, 0.1) is 0 Å². The highest BCUT2D eigenvalue weighted by Crippen LogP contribution is 2.17. The van der Waals surface area contributed by atoms with E-state index in [0.29, 0.717) is 25.3 Å². The number of hydrogen-bond acceptors (Lipinski definition) is 4. The number of aromatic carboxylic acids is 1. The lowest BCUT2D eigenvalue weighted by Gasteiger charge is -2.31. The fraction of sp³-hybridized carbons (Fsp3) is 0.500. The van der Waals surface area contributed by atoms with Gasteiger partial charge < -0.3 is 9.84 Å². The number of benzene rings is 1. The molecule has 1 atom stereocenters. The van der Waals surface area contributed by atoms with Crippen LogP contribution in [0.2, 0.25) is 0 Å². The third-order valence-electron chi connectivity index (χ3n) is 3.50. The molecule has 0 saturated carbocycles. The molecule has 1 aromatic rings. The standard InChI is InChI=1S/C14H19NO5S/c1-2-13-9-15(7-8-20-13)21(18,19)10-11-3-5-12(6-4-11)14(16)17/h3-6,13H,2,7-10H2,1H3,(H,16,17). The normalized spacial score (nSPS) is 20.3. The Morgan fingerprint density at radius 1 is 1.38 bits per heavy atom. The predicted octanol–water partition coefficient (Wildman–Crippen LogP) is 1.33. The molecule has 1 aliphatic heterocycles. The molecule has 1 unspecified atom stereocenters. The summed E-state index contributed by atoms with van der Waals surface area (Å²) in [7, 11) is -3.41. The first-order valence-electron chi connectivity index (χ1n) is 6.84. The first kappa shape index (κ1) is 15.9. The Morgan fingerprint density at radius 2 is 2.05 bits per heavy atom. The van der Waals surface area contributed by atoms with Crippen molar-refractivity contribution in [2.24, 2.45) is 0 Å². The van der Waals surface area contributed by atoms with E-state index in [4.69, 9.17) is 9.84 Å². The van der Waals surface area contributed by atoms with Crippen molar-refractivity contribution < 1.29 is 23.1 Å². The van der Waals surface area contributed by atoms with Crippen molar-refractivity contribution in [3.8, 4) is 0 Å². The van der Waals surface area contributed by atoms with Crippen LogP contribution >= 0.6 is 0 Å². The van der Waals surface area contributed by atoms with Crippen molar-refractivity contribution >= 4 is 16.0 Å². The molecule has 6 nitrogen and oxygen atoms in total. The quantitative estimate of drug-likeness (QED) is 0.886. The predicted molar refractivity (Wildman–Crippen MR) is 77.6 cm³/mol. The molecule has 1 aromatic carbocycles. The molecular formula is C14H19NO5S. The minimum absolute atomic E-state index is 0.0529. The minimum atomic E-state index is -3.41. The molecule has 0 aliphatic carbocycles. The maximum atomic E-state index is 12.4. The number of carbonyl (C=O) groups is 1. The summed E-state index contributed by atoms with van der Waals surface area (Å²) in [5.41, 5.74) is 0.730. The molecule has 1 N–H and O–H groups in total. The molecule has 1 heterocycles. The van der Waals surface area contributed by atoms with Crippen molar-refractivity contribution in [1.82, 2.24) is 4.31 Å². The molecule has 0 amide bonds. The first-order chi connectivity index (χ1) is 9.92. The van der Waals surface area contributed by atoms with Gasteiger partial charge in [-0.2, -0.15) is 4.31 Å². The lowest BCUT2D eigenvalue weighted by molar-refractivity contribution is -0.00282. The van der Waals surface area contributed by atoms with Gasteiger partial charge >= 0.3 is 5.97 Å². The van der Waals surface area contributed by atoms with Gasteiger partial charge in [0.1, 0.15) is 0 Å². The van der Waals surface area contributed by atoms with Gasteiger partial charge in [0.15, 0.2) is 0 Å². The monoisotopic (exact) mass is 313 g/mol. The first-order valence-corrected chi connectivity index (χ1v) is 8.45. The zero-order valence-corrected chi connectivity index (χ0v) is 12.7. The van der Waals surface area contributed by atoms with E-state index < -0.39 is 16.0 Å². The summed E-state index contributed by atoms with van der Waals surface area (Å²) in [6.07, 6.45) is 0.724. The molecule has 0 spiro atoms. The Labute approximate surface area is 124 Å². The van der Waals surface area contributed by atoms with Crippen LogP contribution in [0.5, 0.6) is 0 Å². The van der Waals surface area contributed by atoms with Crippen molar-refractivity contribution in [3.63, 3.8) is 0 Å². The van der Waals surface area contributed by atoms with Crippen molar-refractivity contribution in [3.05, 3.63) is 35.4 Å². The van der Waals surface area contributed by atoms with E-state index in [9.17, 15) is 13.2 Å². The van der Waals surface area contributed by atoms with Crippen molar-refractivity contribution in [2.45, 2.75) is 25.2 Å². The molecule has 21 heavy (non-hydrogen) atoms. The van der Waals surface area contributed by atoms with Crippen LogP contribution < -0.4 is 0 Å². The van der Waals surface area contributed by atoms with Gasteiger partial charge in [-0.05, 0) is 24.1 Å². The summed E-state index contributed by atoms with van der Waals surface area (Å²) in [6.45, 7) is 3.12. The number of ether oxygens (including phenoxy) is 1. The lowest BCUT2D eigenvalue weighted by Crippen LogP contribution is -2.45. The molecule has 1 fully saturated rings. The molecule has 0 bridgehead atoms. The number of carboxylic acids is 1. The Bertz CT molecular complexity index is 596. The summed E-state index contributed by atoms with van der Waals surface area (Å²) in [5.74, 6) is -1.15. The third kappa shape index (κ3) is 4.03. The van der Waals surface area contributed by atoms with Crippen LogP contribution in [0.4, 0.5) is 0 Å². The Hall–Kier alpha value is -1.44. The Morgan fingerprint density at radius 3 is 2.62 bits per heavy atom. The number of carboxylic acid groups (broad SMARTS) is 1. The van der Waals surface area contributed by atoms with Crippen LogP contribution in [0.1, 0.15) is 29.3 Å². The van der Waals surface area contributed by atoms with E-state index in [1.807, 2.05) is 6.92 Å². The maximum Gasteiger partial charge on any atom is 0.335 e. The lowest BCUT2D eigenvalue weighted by atomic mass is 10.1. The minimum Gasteiger partial charge on any atom is -0.478 e. The van der Waals surface area contributed by atoms with Crippen LogP contribution in [-0.2, 0) is 20.5 Å². The van der Waals surface area contributed by atoms with E-state index >= 15 is 0 Å². The molecule has 0 aromatic heterocycles. The van der Waals surface area contributed by atoms with Crippen LogP contribution in [0.15, 0.2) is 24.3 Å². The van der Waals surface area contributed by atoms with Crippen LogP contribution in [-0.4, -0.2) is 49.6 Å². The molecule has 2 rings (SSSR count). The average molecular weight is 313 g/mol. The topological polar surface area (TPSA) is 83.9 Å². The largest absolute Gasteiger partial charge is 0.478 e. The van der Waals surface area contributed by atoms with Crippen LogP contribution in [0.25, 0.3) is 0 Å². The van der Waals surface area contributed by atoms with Gasteiger partial charge in [-0.25, -0.2) is 13.2 Å². The summed E-state index contributed by atoms with van der Waals surface area (Å²) in [5, 5.41) is 8.83. The second-order valence-electron chi connectivity index (χ2n) is 5.02. The van der Waals surface area contributed by atoms with Crippen molar-refractivity contribution in [2.75, 3.05) is 19.7 Å². The SMILES string of the molecule is CCC1CN(S(=O)(=O)Cc2ccc(C(=O)O)cc2)CCO1. The summed E-state index contributed by atoms with van der Waals surface area (Å²) < 4.78 is 31.7. The molecule has 0 radical (unpaired) electrons. The van der Waals surface area contributed by atoms with Gasteiger partial charge in [0.05, 0.1) is 24.0 Å². The summed E-state index contributed by atoms with van der Waals surface area (Å²) >= 11 is 0. The van der Waals surface area contributed by atoms with Crippen molar-refractivity contribution in [1.29, 1.82) is 0 Å². The highest BCUT2D eigenvalue weighted by Gasteiger charge is 2.28. The average Bonchev–Trinajstić information content (AvgIpc) is 2.47. The van der Waals surface area contributed by atoms with E-state index in [1.165, 1.54) is 16.4 Å². The smallest absolute Gasteiger partial charge is 0.335 e. The van der Waals surface area contributed by atoms with E-state index in [0.717, 1.165) is 6.42 Å². The van der Waals surface area contributed by atoms with Gasteiger partial charge in [-0.1, -0.05) is 19.1 Å². The Balaban J connectivity index is 2.08. The van der Waals surface area contributed by atoms with Gasteiger partial charge in [0, 0.05) is 13.1 Å². The van der Waals surface area contributed by atoms with Gasteiger partial charge in [-0.3, -0.25) is 0 Å². The van der Waals surface area contributed by atoms with Gasteiger partial charge in [-0.15, -0.1) is 0 Å². The van der Waals surface area contributed by atoms with E-state index in [1.54, 1.807) is 12.1 Å². The molecule has 1 aliphatic rings. The number of sulfonamides is 1. The zero-order valence-electron chi connectivity index (χ0n) is 11.9. The summed E-state index contributed by atoms with van der Waals surface area (Å²) in [4.78, 5) is 10.8. The second-order valence-corrected chi connectivity index (χ2v) is 6.99. The van der Waals surface area contributed by atoms with Gasteiger partial charge in [0.25, 0.3) is 0 Å². The van der Waals surface area contributed by atoms with E-state index in [2.05, 4.69) is 0 Å². The van der Waals surface area contributed by atoms with E-state index in [-0.39, 0.29) is 17.4 Å². The van der Waals surface area contributed by atoms with Gasteiger partial charge in [0.2, 0.25) is 10.0 Å².